The van der Waals surface area contributed by atoms with Gasteiger partial charge in [-0.2, -0.15) is 0 Å². The zero-order valence-corrected chi connectivity index (χ0v) is 4.34. The summed E-state index contributed by atoms with van der Waals surface area (Å²) in [7, 11) is 2.60. The molecule has 0 atom stereocenters. The van der Waals surface area contributed by atoms with Gasteiger partial charge in [0, 0.05) is 0 Å². The van der Waals surface area contributed by atoms with Crippen LogP contribution >= 0.6 is 9.24 Å². The van der Waals surface area contributed by atoms with Crippen molar-refractivity contribution in [3.63, 3.8) is 0 Å². The molecule has 0 nitrogen and oxygen atoms in total. The van der Waals surface area contributed by atoms with E-state index in [4.69, 9.17) is 6.42 Å². The standard InChI is InChI=1S/C2HP.V/c1-2-3;/h3H;/q-2;+2. The van der Waals surface area contributed by atoms with Crippen LogP contribution in [-0.4, -0.2) is 0 Å². The Kier molecular flexibility index (Phi) is 21.1. The normalized spacial score (nSPS) is 2.00. The largest absolute Gasteiger partial charge is 2.00 e. The van der Waals surface area contributed by atoms with Gasteiger partial charge in [-0.1, -0.05) is 0 Å². The minimum absolute atomic E-state index is 0. The first kappa shape index (κ1) is 8.82. The first-order valence-electron chi connectivity index (χ1n) is 0.500. The molecule has 2 heteroatoms. The molecule has 1 radical (unpaired) electrons. The first-order chi connectivity index (χ1) is 1.41. The Morgan fingerprint density at radius 2 is 1.75 bits per heavy atom. The van der Waals surface area contributed by atoms with E-state index in [2.05, 4.69) is 9.24 Å². The molecule has 0 bridgehead atoms. The molecular weight excluding hydrogens is 106 g/mol. The number of rotatable bonds is 0. The molecule has 0 saturated heterocycles. The minimum Gasteiger partial charge on any atom is -0.731 e. The summed E-state index contributed by atoms with van der Waals surface area (Å²) < 4.78 is 0. The zero-order valence-electron chi connectivity index (χ0n) is 1.95. The predicted octanol–water partition coefficient (Wildman–Crippen LogP) is 0.674. The van der Waals surface area contributed by atoms with Gasteiger partial charge >= 0.3 is 18.6 Å². The summed E-state index contributed by atoms with van der Waals surface area (Å²) in [4.78, 5) is 0. The summed E-state index contributed by atoms with van der Waals surface area (Å²) in [6, 6.07) is 0. The monoisotopic (exact) mass is 107 g/mol. The van der Waals surface area contributed by atoms with Crippen molar-refractivity contribution in [2.24, 2.45) is 0 Å². The fourth-order valence-corrected chi connectivity index (χ4v) is 0. The molecule has 0 rings (SSSR count). The third-order valence-corrected chi connectivity index (χ3v) is 0. The molecule has 0 aromatic carbocycles. The summed E-state index contributed by atoms with van der Waals surface area (Å²) in [5.41, 5.74) is 1.81. The Labute approximate surface area is 40.4 Å². The molecule has 0 aliphatic rings. The van der Waals surface area contributed by atoms with Crippen LogP contribution in [0, 0.1) is 12.1 Å². The van der Waals surface area contributed by atoms with Crippen molar-refractivity contribution in [3.8, 4) is 5.66 Å². The molecule has 0 aliphatic heterocycles. The van der Waals surface area contributed by atoms with Gasteiger partial charge in [0.05, 0.1) is 0 Å². The average molecular weight is 107 g/mol. The van der Waals surface area contributed by atoms with Crippen LogP contribution in [0.4, 0.5) is 0 Å². The van der Waals surface area contributed by atoms with Crippen LogP contribution in [0.15, 0.2) is 0 Å². The van der Waals surface area contributed by atoms with Gasteiger partial charge in [-0.15, -0.1) is 0 Å². The van der Waals surface area contributed by atoms with Crippen LogP contribution in [0.3, 0.4) is 0 Å². The zero-order chi connectivity index (χ0) is 2.71. The van der Waals surface area contributed by atoms with Gasteiger partial charge in [-0.25, -0.2) is 0 Å². The second-order valence-corrected chi connectivity index (χ2v) is 0.375. The van der Waals surface area contributed by atoms with E-state index in [1.807, 2.05) is 0 Å². The van der Waals surface area contributed by atoms with E-state index in [-0.39, 0.29) is 18.6 Å². The Morgan fingerprint density at radius 3 is 1.75 bits per heavy atom. The summed E-state index contributed by atoms with van der Waals surface area (Å²) >= 11 is 0. The van der Waals surface area contributed by atoms with Crippen LogP contribution in [0.25, 0.3) is 0 Å². The molecule has 0 unspecified atom stereocenters. The molecule has 0 amide bonds. The maximum Gasteiger partial charge on any atom is 2.00 e. The molecule has 0 spiro atoms. The van der Waals surface area contributed by atoms with E-state index < -0.39 is 0 Å². The van der Waals surface area contributed by atoms with Gasteiger partial charge in [0.25, 0.3) is 0 Å². The first-order valence-corrected chi connectivity index (χ1v) is 1.00. The predicted molar refractivity (Wildman–Crippen MR) is 15.4 cm³/mol. The van der Waals surface area contributed by atoms with Crippen molar-refractivity contribution in [3.05, 3.63) is 6.42 Å². The van der Waals surface area contributed by atoms with Crippen molar-refractivity contribution < 1.29 is 18.6 Å². The van der Waals surface area contributed by atoms with Gasteiger partial charge in [0.2, 0.25) is 0 Å². The fraction of sp³-hybridized carbons (Fsp3) is 0. The maximum absolute atomic E-state index is 5.87. The molecular formula is C2HPV. The smallest absolute Gasteiger partial charge is 0.731 e. The van der Waals surface area contributed by atoms with Crippen LogP contribution in [-0.2, 0) is 18.6 Å². The van der Waals surface area contributed by atoms with Gasteiger partial charge in [0.1, 0.15) is 0 Å². The SMILES string of the molecule is [C-]#C[PH-].[V+2]. The van der Waals surface area contributed by atoms with Crippen molar-refractivity contribution in [2.75, 3.05) is 0 Å². The molecule has 0 aliphatic carbocycles. The molecule has 4 heavy (non-hydrogen) atoms. The van der Waals surface area contributed by atoms with Crippen molar-refractivity contribution in [2.45, 2.75) is 0 Å². The number of hydrogen-bond acceptors (Lipinski definition) is 0. The van der Waals surface area contributed by atoms with E-state index in [0.29, 0.717) is 0 Å². The Balaban J connectivity index is 0. The van der Waals surface area contributed by atoms with Crippen LogP contribution in [0.1, 0.15) is 0 Å². The molecule has 0 N–H and O–H groups in total. The third kappa shape index (κ3) is 19.3. The molecule has 0 aromatic rings. The minimum atomic E-state index is 0. The van der Waals surface area contributed by atoms with Crippen LogP contribution in [0.2, 0.25) is 0 Å². The number of hydrogen-bond donors (Lipinski definition) is 0. The molecule has 0 fully saturated rings. The summed E-state index contributed by atoms with van der Waals surface area (Å²) in [6.07, 6.45) is 5.87. The van der Waals surface area contributed by atoms with Gasteiger partial charge in [-0.05, 0) is 0 Å². The summed E-state index contributed by atoms with van der Waals surface area (Å²) in [6.45, 7) is 0. The van der Waals surface area contributed by atoms with E-state index >= 15 is 0 Å². The Bertz CT molecular complexity index is 27.5. The second-order valence-electron chi connectivity index (χ2n) is 0.125. The Hall–Kier alpha value is 0.574. The Morgan fingerprint density at radius 1 is 1.75 bits per heavy atom. The molecule has 0 saturated carbocycles. The topological polar surface area (TPSA) is 0 Å². The van der Waals surface area contributed by atoms with Crippen LogP contribution < -0.4 is 0 Å². The average Bonchev–Trinajstić information content (AvgIpc) is 0.918. The molecule has 0 aromatic heterocycles. The van der Waals surface area contributed by atoms with Crippen molar-refractivity contribution >= 4 is 9.24 Å². The van der Waals surface area contributed by atoms with Crippen molar-refractivity contribution in [1.29, 1.82) is 0 Å². The second kappa shape index (κ2) is 9.56. The van der Waals surface area contributed by atoms with E-state index in [9.17, 15) is 0 Å². The van der Waals surface area contributed by atoms with E-state index in [1.165, 1.54) is 0 Å². The summed E-state index contributed by atoms with van der Waals surface area (Å²) in [5.74, 6) is 0. The van der Waals surface area contributed by atoms with E-state index in [1.54, 1.807) is 5.66 Å². The fourth-order valence-electron chi connectivity index (χ4n) is 0. The van der Waals surface area contributed by atoms with E-state index in [0.717, 1.165) is 0 Å². The van der Waals surface area contributed by atoms with Crippen LogP contribution in [0.5, 0.6) is 0 Å². The van der Waals surface area contributed by atoms with Gasteiger partial charge in [0.15, 0.2) is 0 Å². The summed E-state index contributed by atoms with van der Waals surface area (Å²) in [5, 5.41) is 0. The third-order valence-electron chi connectivity index (χ3n) is 0. The molecule has 0 heterocycles. The van der Waals surface area contributed by atoms with Crippen molar-refractivity contribution in [1.82, 2.24) is 0 Å². The van der Waals surface area contributed by atoms with Gasteiger partial charge in [-0.3, -0.25) is 0 Å². The molecule has 19 valence electrons. The van der Waals surface area contributed by atoms with Gasteiger partial charge < -0.3 is 21.3 Å². The quantitative estimate of drug-likeness (QED) is 0.242. The maximum atomic E-state index is 5.87.